The summed E-state index contributed by atoms with van der Waals surface area (Å²) in [6.07, 6.45) is 6.08. The van der Waals surface area contributed by atoms with Gasteiger partial charge in [0.1, 0.15) is 5.75 Å². The van der Waals surface area contributed by atoms with Crippen LogP contribution in [0.25, 0.3) is 16.7 Å². The van der Waals surface area contributed by atoms with Crippen LogP contribution in [-0.4, -0.2) is 37.8 Å². The quantitative estimate of drug-likeness (QED) is 0.429. The summed E-state index contributed by atoms with van der Waals surface area (Å²) in [4.78, 5) is 40.0. The van der Waals surface area contributed by atoms with Gasteiger partial charge >= 0.3 is 5.69 Å². The van der Waals surface area contributed by atoms with E-state index in [1.165, 1.54) is 20.1 Å². The van der Waals surface area contributed by atoms with Gasteiger partial charge in [0, 0.05) is 18.2 Å². The molecular weight excluding hydrogens is 458 g/mol. The van der Waals surface area contributed by atoms with Crippen molar-refractivity contribution in [1.82, 2.24) is 24.1 Å². The van der Waals surface area contributed by atoms with E-state index >= 15 is 0 Å². The first-order valence-electron chi connectivity index (χ1n) is 12.6. The minimum absolute atomic E-state index is 0.160. The number of nitrogens with zero attached hydrogens (tertiary/aromatic N) is 4. The van der Waals surface area contributed by atoms with Crippen LogP contribution in [-0.2, 0) is 13.1 Å². The van der Waals surface area contributed by atoms with Crippen LogP contribution < -0.4 is 21.3 Å². The molecule has 0 aliphatic heterocycles. The molecule has 9 nitrogen and oxygen atoms in total. The number of hydrogen-bond acceptors (Lipinski definition) is 5. The molecule has 36 heavy (non-hydrogen) atoms. The zero-order chi connectivity index (χ0) is 25.2. The van der Waals surface area contributed by atoms with Crippen LogP contribution in [0.1, 0.15) is 61.4 Å². The maximum absolute atomic E-state index is 13.6. The number of rotatable bonds is 7. The average molecular weight is 490 g/mol. The van der Waals surface area contributed by atoms with Gasteiger partial charge in [-0.05, 0) is 55.2 Å². The van der Waals surface area contributed by atoms with Crippen molar-refractivity contribution >= 4 is 22.6 Å². The van der Waals surface area contributed by atoms with Crippen LogP contribution in [0.3, 0.4) is 0 Å². The van der Waals surface area contributed by atoms with Crippen LogP contribution in [0.5, 0.6) is 5.75 Å². The number of aromatic nitrogens is 4. The minimum atomic E-state index is -0.368. The van der Waals surface area contributed by atoms with Crippen molar-refractivity contribution in [1.29, 1.82) is 0 Å². The Bertz CT molecular complexity index is 1540. The molecule has 0 bridgehead atoms. The molecule has 1 fully saturated rings. The Morgan fingerprint density at radius 2 is 1.92 bits per heavy atom. The van der Waals surface area contributed by atoms with Gasteiger partial charge in [0.05, 0.1) is 24.6 Å². The number of nitrogens with one attached hydrogen (secondary N) is 1. The van der Waals surface area contributed by atoms with E-state index < -0.39 is 0 Å². The Labute approximate surface area is 208 Å². The van der Waals surface area contributed by atoms with E-state index in [2.05, 4.69) is 10.4 Å². The summed E-state index contributed by atoms with van der Waals surface area (Å²) in [5, 5.41) is 8.05. The second-order valence-electron chi connectivity index (χ2n) is 9.42. The number of aryl methyl sites for hydroxylation is 1. The summed E-state index contributed by atoms with van der Waals surface area (Å²) in [5.74, 6) is 0.768. The number of carbonyl (C=O) groups excluding carboxylic acids is 1. The Morgan fingerprint density at radius 1 is 1.11 bits per heavy atom. The Balaban J connectivity index is 1.63. The van der Waals surface area contributed by atoms with Crippen LogP contribution in [0.2, 0.25) is 0 Å². The van der Waals surface area contributed by atoms with Crippen LogP contribution in [0.15, 0.2) is 52.1 Å². The van der Waals surface area contributed by atoms with Crippen molar-refractivity contribution < 1.29 is 9.53 Å². The molecule has 0 radical (unpaired) electrons. The van der Waals surface area contributed by atoms with Gasteiger partial charge in [-0.15, -0.1) is 5.10 Å². The van der Waals surface area contributed by atoms with Gasteiger partial charge in [-0.2, -0.15) is 0 Å². The second-order valence-corrected chi connectivity index (χ2v) is 9.42. The first-order valence-corrected chi connectivity index (χ1v) is 12.6. The van der Waals surface area contributed by atoms with Crippen molar-refractivity contribution in [3.05, 3.63) is 74.4 Å². The fraction of sp³-hybridized carbons (Fsp3) is 0.407. The number of fused-ring (bicyclic) bond motifs is 3. The number of carbonyl (C=O) groups is 1. The lowest BCUT2D eigenvalue weighted by Gasteiger charge is -2.22. The molecule has 0 spiro atoms. The van der Waals surface area contributed by atoms with Gasteiger partial charge in [0.25, 0.3) is 11.5 Å². The van der Waals surface area contributed by atoms with Crippen molar-refractivity contribution in [3.63, 3.8) is 0 Å². The highest BCUT2D eigenvalue weighted by Crippen LogP contribution is 2.19. The van der Waals surface area contributed by atoms with E-state index in [-0.39, 0.29) is 35.5 Å². The molecule has 0 atom stereocenters. The predicted molar refractivity (Wildman–Crippen MR) is 138 cm³/mol. The zero-order valence-electron chi connectivity index (χ0n) is 20.7. The van der Waals surface area contributed by atoms with Crippen molar-refractivity contribution in [2.45, 2.75) is 64.6 Å². The number of hydrogen-bond donors (Lipinski definition) is 1. The lowest BCUT2D eigenvalue weighted by atomic mass is 9.95. The topological polar surface area (TPSA) is 99.6 Å². The van der Waals surface area contributed by atoms with Crippen molar-refractivity contribution in [2.24, 2.45) is 0 Å². The molecule has 0 saturated heterocycles. The third-order valence-electron chi connectivity index (χ3n) is 6.89. The molecule has 1 aliphatic carbocycles. The van der Waals surface area contributed by atoms with E-state index in [4.69, 9.17) is 4.74 Å². The largest absolute Gasteiger partial charge is 0.497 e. The van der Waals surface area contributed by atoms with Crippen LogP contribution in [0, 0.1) is 0 Å². The first kappa shape index (κ1) is 23.8. The summed E-state index contributed by atoms with van der Waals surface area (Å²) in [7, 11) is 1.59. The van der Waals surface area contributed by atoms with Gasteiger partial charge < -0.3 is 10.1 Å². The zero-order valence-corrected chi connectivity index (χ0v) is 20.7. The lowest BCUT2D eigenvalue weighted by Crippen LogP contribution is -2.36. The van der Waals surface area contributed by atoms with Crippen LogP contribution in [0.4, 0.5) is 0 Å². The molecular formula is C27H31N5O4. The fourth-order valence-corrected chi connectivity index (χ4v) is 5.04. The second kappa shape index (κ2) is 10.0. The van der Waals surface area contributed by atoms with E-state index in [1.807, 2.05) is 31.2 Å². The standard InChI is InChI=1S/C27H31N5O4/c1-3-14-30-25(34)22-13-12-19(24(33)28-20-9-5-4-6-10-20)16-23(22)32-26(30)29-31(27(32)35)17-18-8-7-11-21(15-18)36-2/h7-8,11-13,15-16,20H,3-6,9-10,14,17H2,1-2H3,(H,28,33). The molecule has 2 heterocycles. The normalized spacial score (nSPS) is 14.4. The summed E-state index contributed by atoms with van der Waals surface area (Å²) in [5.41, 5.74) is 1.07. The third kappa shape index (κ3) is 4.41. The Hall–Kier alpha value is -3.88. The molecule has 1 amide bonds. The summed E-state index contributed by atoms with van der Waals surface area (Å²) >= 11 is 0. The molecule has 2 aromatic heterocycles. The summed E-state index contributed by atoms with van der Waals surface area (Å²) < 4.78 is 9.63. The average Bonchev–Trinajstić information content (AvgIpc) is 3.22. The van der Waals surface area contributed by atoms with E-state index in [9.17, 15) is 14.4 Å². The van der Waals surface area contributed by atoms with Gasteiger partial charge in [-0.3, -0.25) is 14.2 Å². The molecule has 1 N–H and O–H groups in total. The number of ether oxygens (including phenoxy) is 1. The van der Waals surface area contributed by atoms with Crippen molar-refractivity contribution in [3.8, 4) is 5.75 Å². The maximum atomic E-state index is 13.6. The molecule has 1 saturated carbocycles. The van der Waals surface area contributed by atoms with Gasteiger partial charge in [-0.25, -0.2) is 13.9 Å². The maximum Gasteiger partial charge on any atom is 0.352 e. The third-order valence-corrected chi connectivity index (χ3v) is 6.89. The predicted octanol–water partition coefficient (Wildman–Crippen LogP) is 3.34. The molecule has 5 rings (SSSR count). The molecule has 188 valence electrons. The monoisotopic (exact) mass is 489 g/mol. The fourth-order valence-electron chi connectivity index (χ4n) is 5.04. The van der Waals surface area contributed by atoms with E-state index in [0.717, 1.165) is 31.2 Å². The van der Waals surface area contributed by atoms with Gasteiger partial charge in [0.15, 0.2) is 0 Å². The van der Waals surface area contributed by atoms with Crippen LogP contribution >= 0.6 is 0 Å². The summed E-state index contributed by atoms with van der Waals surface area (Å²) in [6.45, 7) is 2.62. The summed E-state index contributed by atoms with van der Waals surface area (Å²) in [6, 6.07) is 12.5. The van der Waals surface area contributed by atoms with E-state index in [1.54, 1.807) is 25.3 Å². The highest BCUT2D eigenvalue weighted by molar-refractivity contribution is 5.98. The molecule has 9 heteroatoms. The highest BCUT2D eigenvalue weighted by Gasteiger charge is 2.21. The number of benzene rings is 2. The van der Waals surface area contributed by atoms with E-state index in [0.29, 0.717) is 35.2 Å². The minimum Gasteiger partial charge on any atom is -0.497 e. The molecule has 1 aliphatic rings. The molecule has 0 unspecified atom stereocenters. The number of methoxy groups -OCH3 is 1. The molecule has 2 aromatic carbocycles. The lowest BCUT2D eigenvalue weighted by molar-refractivity contribution is 0.0928. The van der Waals surface area contributed by atoms with Crippen molar-refractivity contribution in [2.75, 3.05) is 7.11 Å². The van der Waals surface area contributed by atoms with Gasteiger partial charge in [-0.1, -0.05) is 38.3 Å². The van der Waals surface area contributed by atoms with Gasteiger partial charge in [0.2, 0.25) is 5.78 Å². The highest BCUT2D eigenvalue weighted by atomic mass is 16.5. The number of amides is 1. The SMILES string of the molecule is CCCn1c(=O)c2ccc(C(=O)NC3CCCCC3)cc2n2c(=O)n(Cc3cccc(OC)c3)nc12. The Kier molecular flexibility index (Phi) is 6.63. The Morgan fingerprint density at radius 3 is 2.67 bits per heavy atom. The smallest absolute Gasteiger partial charge is 0.352 e. The molecule has 4 aromatic rings. The first-order chi connectivity index (χ1) is 17.5.